The minimum atomic E-state index is -4.34. The summed E-state index contributed by atoms with van der Waals surface area (Å²) in [4.78, 5) is 8.46. The zero-order valence-electron chi connectivity index (χ0n) is 8.70. The number of halogens is 3. The van der Waals surface area contributed by atoms with Crippen molar-refractivity contribution in [2.24, 2.45) is 0 Å². The highest BCUT2D eigenvalue weighted by Gasteiger charge is 2.31. The molecule has 0 saturated heterocycles. The maximum absolute atomic E-state index is 12.2. The van der Waals surface area contributed by atoms with Crippen molar-refractivity contribution in [2.45, 2.75) is 13.1 Å². The summed E-state index contributed by atoms with van der Waals surface area (Å²) < 4.78 is 36.6. The number of aliphatic hydroxyl groups is 1. The Kier molecular flexibility index (Phi) is 4.05. The first kappa shape index (κ1) is 12.7. The molecule has 0 fully saturated rings. The highest BCUT2D eigenvalue weighted by atomic mass is 19.4. The molecule has 0 amide bonds. The molecule has 0 bridgehead atoms. The summed E-state index contributed by atoms with van der Waals surface area (Å²) in [6, 6.07) is 0. The highest BCUT2D eigenvalue weighted by Crippen LogP contribution is 2.19. The van der Waals surface area contributed by atoms with Crippen molar-refractivity contribution in [3.05, 3.63) is 18.0 Å². The summed E-state index contributed by atoms with van der Waals surface area (Å²) in [5, 5.41) is 8.68. The van der Waals surface area contributed by atoms with Gasteiger partial charge in [0, 0.05) is 18.9 Å². The molecular weight excluding hydrogens is 223 g/mol. The van der Waals surface area contributed by atoms with Crippen LogP contribution >= 0.6 is 0 Å². The van der Waals surface area contributed by atoms with Crippen molar-refractivity contribution in [1.29, 1.82) is 0 Å². The van der Waals surface area contributed by atoms with Crippen molar-refractivity contribution in [3.63, 3.8) is 0 Å². The van der Waals surface area contributed by atoms with Gasteiger partial charge in [0.2, 0.25) is 5.95 Å². The number of aliphatic hydroxyl groups excluding tert-OH is 1. The van der Waals surface area contributed by atoms with Crippen LogP contribution in [0.1, 0.15) is 5.56 Å². The third-order valence-corrected chi connectivity index (χ3v) is 1.79. The van der Waals surface area contributed by atoms with E-state index in [1.165, 1.54) is 12.4 Å². The molecule has 90 valence electrons. The lowest BCUT2D eigenvalue weighted by Gasteiger charge is -2.22. The third kappa shape index (κ3) is 4.01. The molecule has 0 unspecified atom stereocenters. The first-order chi connectivity index (χ1) is 7.42. The van der Waals surface area contributed by atoms with Gasteiger partial charge < -0.3 is 10.0 Å². The summed E-state index contributed by atoms with van der Waals surface area (Å²) in [6.07, 6.45) is -1.48. The summed E-state index contributed by atoms with van der Waals surface area (Å²) in [5.74, 6) is -0.0306. The summed E-state index contributed by atoms with van der Waals surface area (Å²) in [5.41, 5.74) is 0.764. The van der Waals surface area contributed by atoms with Crippen LogP contribution in [0.2, 0.25) is 0 Å². The molecule has 0 saturated carbocycles. The van der Waals surface area contributed by atoms with Gasteiger partial charge in [0.15, 0.2) is 0 Å². The first-order valence-corrected chi connectivity index (χ1v) is 4.63. The van der Waals surface area contributed by atoms with E-state index < -0.39 is 12.7 Å². The number of hydrogen-bond acceptors (Lipinski definition) is 4. The minimum absolute atomic E-state index is 0.0306. The second-order valence-electron chi connectivity index (χ2n) is 3.32. The Hall–Kier alpha value is -1.37. The Morgan fingerprint density at radius 1 is 1.31 bits per heavy atom. The number of aryl methyl sites for hydroxylation is 1. The topological polar surface area (TPSA) is 49.2 Å². The van der Waals surface area contributed by atoms with Crippen LogP contribution in [0.3, 0.4) is 0 Å². The molecule has 0 atom stereocenters. The van der Waals surface area contributed by atoms with Gasteiger partial charge in [-0.3, -0.25) is 0 Å². The molecule has 16 heavy (non-hydrogen) atoms. The van der Waals surface area contributed by atoms with E-state index in [1.807, 2.05) is 0 Å². The van der Waals surface area contributed by atoms with E-state index in [-0.39, 0.29) is 19.1 Å². The molecule has 0 aromatic carbocycles. The third-order valence-electron chi connectivity index (χ3n) is 1.79. The molecule has 1 aromatic heterocycles. The molecule has 1 heterocycles. The second kappa shape index (κ2) is 5.11. The van der Waals surface area contributed by atoms with Crippen LogP contribution in [0, 0.1) is 6.92 Å². The Morgan fingerprint density at radius 3 is 2.31 bits per heavy atom. The van der Waals surface area contributed by atoms with Crippen molar-refractivity contribution in [3.8, 4) is 0 Å². The van der Waals surface area contributed by atoms with Crippen molar-refractivity contribution >= 4 is 5.95 Å². The lowest BCUT2D eigenvalue weighted by molar-refractivity contribution is -0.120. The predicted octanol–water partition coefficient (Wildman–Crippen LogP) is 1.15. The van der Waals surface area contributed by atoms with Gasteiger partial charge in [-0.15, -0.1) is 0 Å². The molecular formula is C9H12F3N3O. The van der Waals surface area contributed by atoms with Gasteiger partial charge >= 0.3 is 6.18 Å². The van der Waals surface area contributed by atoms with Gasteiger partial charge in [0.25, 0.3) is 0 Å². The van der Waals surface area contributed by atoms with Crippen molar-refractivity contribution in [2.75, 3.05) is 24.6 Å². The molecule has 1 N–H and O–H groups in total. The largest absolute Gasteiger partial charge is 0.406 e. The van der Waals surface area contributed by atoms with E-state index >= 15 is 0 Å². The molecule has 7 heteroatoms. The number of rotatable bonds is 4. The smallest absolute Gasteiger partial charge is 0.395 e. The Morgan fingerprint density at radius 2 is 1.88 bits per heavy atom. The van der Waals surface area contributed by atoms with Crippen molar-refractivity contribution < 1.29 is 18.3 Å². The lowest BCUT2D eigenvalue weighted by atomic mass is 10.4. The second-order valence-corrected chi connectivity index (χ2v) is 3.32. The summed E-state index contributed by atoms with van der Waals surface area (Å²) >= 11 is 0. The molecule has 4 nitrogen and oxygen atoms in total. The Bertz CT molecular complexity index is 326. The fraction of sp³-hybridized carbons (Fsp3) is 0.556. The normalized spacial score (nSPS) is 11.6. The van der Waals surface area contributed by atoms with E-state index in [0.29, 0.717) is 0 Å². The van der Waals surface area contributed by atoms with Gasteiger partial charge in [-0.2, -0.15) is 13.2 Å². The molecule has 0 aliphatic carbocycles. The number of alkyl halides is 3. The first-order valence-electron chi connectivity index (χ1n) is 4.63. The van der Waals surface area contributed by atoms with E-state index in [4.69, 9.17) is 5.11 Å². The quantitative estimate of drug-likeness (QED) is 0.850. The lowest BCUT2D eigenvalue weighted by Crippen LogP contribution is -2.37. The number of nitrogens with zero attached hydrogens (tertiary/aromatic N) is 3. The number of aromatic nitrogens is 2. The van der Waals surface area contributed by atoms with Crippen LogP contribution in [-0.4, -0.2) is 40.9 Å². The fourth-order valence-electron chi connectivity index (χ4n) is 1.14. The molecule has 1 rings (SSSR count). The van der Waals surface area contributed by atoms with Crippen LogP contribution in [0.5, 0.6) is 0 Å². The van der Waals surface area contributed by atoms with Crippen LogP contribution < -0.4 is 4.90 Å². The molecule has 0 radical (unpaired) electrons. The zero-order chi connectivity index (χ0) is 12.2. The standard InChI is InChI=1S/C9H12F3N3O/c1-7-4-13-8(14-5-7)15(2-3-16)6-9(10,11)12/h4-5,16H,2-3,6H2,1H3. The average molecular weight is 235 g/mol. The molecule has 0 aliphatic heterocycles. The maximum atomic E-state index is 12.2. The van der Waals surface area contributed by atoms with Crippen LogP contribution in [0.4, 0.5) is 19.1 Å². The Labute approximate surface area is 90.7 Å². The average Bonchev–Trinajstić information content (AvgIpc) is 2.16. The van der Waals surface area contributed by atoms with Gasteiger partial charge in [-0.05, 0) is 12.5 Å². The van der Waals surface area contributed by atoms with Crippen LogP contribution in [-0.2, 0) is 0 Å². The highest BCUT2D eigenvalue weighted by molar-refractivity contribution is 5.29. The molecule has 1 aromatic rings. The molecule has 0 spiro atoms. The van der Waals surface area contributed by atoms with E-state index in [2.05, 4.69) is 9.97 Å². The van der Waals surface area contributed by atoms with Gasteiger partial charge in [-0.25, -0.2) is 9.97 Å². The van der Waals surface area contributed by atoms with E-state index in [9.17, 15) is 13.2 Å². The van der Waals surface area contributed by atoms with E-state index in [1.54, 1.807) is 6.92 Å². The summed E-state index contributed by atoms with van der Waals surface area (Å²) in [7, 11) is 0. The summed E-state index contributed by atoms with van der Waals surface area (Å²) in [6.45, 7) is 0.0381. The number of anilines is 1. The maximum Gasteiger partial charge on any atom is 0.406 e. The zero-order valence-corrected chi connectivity index (χ0v) is 8.70. The molecule has 0 aliphatic rings. The number of hydrogen-bond donors (Lipinski definition) is 1. The SMILES string of the molecule is Cc1cnc(N(CCO)CC(F)(F)F)nc1. The Balaban J connectivity index is 2.80. The van der Waals surface area contributed by atoms with Gasteiger partial charge in [0.05, 0.1) is 6.61 Å². The fourth-order valence-corrected chi connectivity index (χ4v) is 1.14. The predicted molar refractivity (Wildman–Crippen MR) is 52.1 cm³/mol. The van der Waals surface area contributed by atoms with Crippen molar-refractivity contribution in [1.82, 2.24) is 9.97 Å². The van der Waals surface area contributed by atoms with Crippen LogP contribution in [0.15, 0.2) is 12.4 Å². The van der Waals surface area contributed by atoms with Gasteiger partial charge in [-0.1, -0.05) is 0 Å². The minimum Gasteiger partial charge on any atom is -0.395 e. The van der Waals surface area contributed by atoms with Crippen LogP contribution in [0.25, 0.3) is 0 Å². The monoisotopic (exact) mass is 235 g/mol. The van der Waals surface area contributed by atoms with Gasteiger partial charge in [0.1, 0.15) is 6.54 Å². The van der Waals surface area contributed by atoms with E-state index in [0.717, 1.165) is 10.5 Å².